The Morgan fingerprint density at radius 2 is 1.74 bits per heavy atom. The molecule has 1 aliphatic rings. The fourth-order valence-electron chi connectivity index (χ4n) is 2.47. The van der Waals surface area contributed by atoms with Gasteiger partial charge in [0.25, 0.3) is 0 Å². The lowest BCUT2D eigenvalue weighted by Gasteiger charge is -2.32. The van der Waals surface area contributed by atoms with Crippen LogP contribution in [0.5, 0.6) is 0 Å². The number of carbonyl (C=O) groups excluding carboxylic acids is 1. The highest BCUT2D eigenvalue weighted by Gasteiger charge is 2.52. The molecule has 128 valence electrons. The van der Waals surface area contributed by atoms with E-state index < -0.39 is 18.3 Å². The number of ether oxygens (including phenoxy) is 1. The van der Waals surface area contributed by atoms with E-state index in [4.69, 9.17) is 14.0 Å². The van der Waals surface area contributed by atoms with Gasteiger partial charge in [-0.2, -0.15) is 0 Å². The van der Waals surface area contributed by atoms with Gasteiger partial charge in [-0.3, -0.25) is 4.79 Å². The largest absolute Gasteiger partial charge is 0.495 e. The number of allylic oxidation sites excluding steroid dienone is 3. The first-order valence-corrected chi connectivity index (χ1v) is 8.05. The normalized spacial score (nSPS) is 20.0. The Labute approximate surface area is 140 Å². The SMILES string of the molecule is C=CC/C(CC(=O)OCC)=C(/B1OC(C)(C)C(C)(C)O1)C(=C)C. The van der Waals surface area contributed by atoms with Crippen molar-refractivity contribution >= 4 is 13.1 Å². The minimum atomic E-state index is -0.540. The third-order valence-corrected chi connectivity index (χ3v) is 4.38. The average Bonchev–Trinajstić information content (AvgIpc) is 2.57. The summed E-state index contributed by atoms with van der Waals surface area (Å²) in [7, 11) is -0.540. The van der Waals surface area contributed by atoms with Crippen molar-refractivity contribution in [2.24, 2.45) is 0 Å². The molecule has 0 saturated carbocycles. The summed E-state index contributed by atoms with van der Waals surface area (Å²) in [6.07, 6.45) is 2.51. The monoisotopic (exact) mass is 320 g/mol. The molecule has 0 unspecified atom stereocenters. The molecule has 0 bridgehead atoms. The summed E-state index contributed by atoms with van der Waals surface area (Å²) in [5, 5.41) is 0. The maximum Gasteiger partial charge on any atom is 0.495 e. The highest BCUT2D eigenvalue weighted by atomic mass is 16.7. The molecule has 0 aromatic carbocycles. The van der Waals surface area contributed by atoms with Crippen LogP contribution in [0, 0.1) is 0 Å². The van der Waals surface area contributed by atoms with Crippen LogP contribution in [0.3, 0.4) is 0 Å². The number of esters is 1. The van der Waals surface area contributed by atoms with Crippen molar-refractivity contribution in [2.45, 2.75) is 65.6 Å². The highest BCUT2D eigenvalue weighted by Crippen LogP contribution is 2.40. The van der Waals surface area contributed by atoms with Crippen LogP contribution in [-0.2, 0) is 18.8 Å². The van der Waals surface area contributed by atoms with E-state index in [1.165, 1.54) is 0 Å². The quantitative estimate of drug-likeness (QED) is 0.308. The molecule has 0 radical (unpaired) electrons. The van der Waals surface area contributed by atoms with Gasteiger partial charge in [-0.1, -0.05) is 23.8 Å². The fourth-order valence-corrected chi connectivity index (χ4v) is 2.47. The van der Waals surface area contributed by atoms with Crippen molar-refractivity contribution in [1.82, 2.24) is 0 Å². The van der Waals surface area contributed by atoms with Crippen LogP contribution in [0.25, 0.3) is 0 Å². The second kappa shape index (κ2) is 7.50. The number of hydrogen-bond donors (Lipinski definition) is 0. The number of rotatable bonds is 7. The smallest absolute Gasteiger partial charge is 0.466 e. The maximum atomic E-state index is 11.9. The molecule has 1 saturated heterocycles. The second-order valence-corrected chi connectivity index (χ2v) is 6.86. The Morgan fingerprint density at radius 1 is 1.22 bits per heavy atom. The summed E-state index contributed by atoms with van der Waals surface area (Å²) < 4.78 is 17.3. The van der Waals surface area contributed by atoms with E-state index in [-0.39, 0.29) is 12.4 Å². The Balaban J connectivity index is 3.22. The van der Waals surface area contributed by atoms with E-state index in [1.807, 2.05) is 34.6 Å². The van der Waals surface area contributed by atoms with Gasteiger partial charge in [0.15, 0.2) is 0 Å². The standard InChI is InChI=1S/C18H29BO4/c1-9-11-14(12-15(20)21-10-2)16(13(3)4)19-22-17(5,6)18(7,8)23-19/h9H,1,3,10-12H2,2,4-8H3/b16-14-. The van der Waals surface area contributed by atoms with Gasteiger partial charge in [0, 0.05) is 0 Å². The fraction of sp³-hybridized carbons (Fsp3) is 0.611. The molecule has 1 rings (SSSR count). The Kier molecular flexibility index (Phi) is 6.43. The molecule has 0 N–H and O–H groups in total. The highest BCUT2D eigenvalue weighted by molar-refractivity contribution is 6.56. The van der Waals surface area contributed by atoms with Crippen LogP contribution in [0.1, 0.15) is 54.4 Å². The first-order chi connectivity index (χ1) is 10.6. The predicted octanol–water partition coefficient (Wildman–Crippen LogP) is 4.02. The van der Waals surface area contributed by atoms with Crippen LogP contribution in [0.4, 0.5) is 0 Å². The molecule has 0 atom stereocenters. The van der Waals surface area contributed by atoms with E-state index in [0.29, 0.717) is 13.0 Å². The van der Waals surface area contributed by atoms with Gasteiger partial charge in [0.1, 0.15) is 0 Å². The minimum absolute atomic E-state index is 0.187. The molecule has 0 amide bonds. The molecule has 1 aliphatic heterocycles. The Hall–Kier alpha value is -1.33. The van der Waals surface area contributed by atoms with Crippen LogP contribution < -0.4 is 0 Å². The van der Waals surface area contributed by atoms with Crippen molar-refractivity contribution in [3.8, 4) is 0 Å². The third kappa shape index (κ3) is 4.58. The van der Waals surface area contributed by atoms with Crippen LogP contribution in [0.15, 0.2) is 35.9 Å². The maximum absolute atomic E-state index is 11.9. The van der Waals surface area contributed by atoms with Crippen LogP contribution in [-0.4, -0.2) is 30.9 Å². The predicted molar refractivity (Wildman–Crippen MR) is 94.0 cm³/mol. The molecule has 1 fully saturated rings. The van der Waals surface area contributed by atoms with Crippen molar-refractivity contribution in [3.05, 3.63) is 35.9 Å². The summed E-state index contributed by atoms with van der Waals surface area (Å²) in [6, 6.07) is 0. The lowest BCUT2D eigenvalue weighted by Crippen LogP contribution is -2.41. The van der Waals surface area contributed by atoms with E-state index in [1.54, 1.807) is 13.0 Å². The molecular formula is C18H29BO4. The van der Waals surface area contributed by atoms with Gasteiger partial charge in [-0.05, 0) is 53.4 Å². The van der Waals surface area contributed by atoms with Gasteiger partial charge in [-0.15, -0.1) is 6.58 Å². The van der Waals surface area contributed by atoms with Crippen molar-refractivity contribution in [3.63, 3.8) is 0 Å². The van der Waals surface area contributed by atoms with Crippen molar-refractivity contribution in [1.29, 1.82) is 0 Å². The summed E-state index contributed by atoms with van der Waals surface area (Å²) in [5.41, 5.74) is 1.65. The second-order valence-electron chi connectivity index (χ2n) is 6.86. The van der Waals surface area contributed by atoms with Crippen LogP contribution in [0.2, 0.25) is 0 Å². The summed E-state index contributed by atoms with van der Waals surface area (Å²) in [5.74, 6) is -0.264. The molecule has 1 heterocycles. The lowest BCUT2D eigenvalue weighted by atomic mass is 9.70. The third-order valence-electron chi connectivity index (χ3n) is 4.38. The molecular weight excluding hydrogens is 291 g/mol. The van der Waals surface area contributed by atoms with E-state index >= 15 is 0 Å². The lowest BCUT2D eigenvalue weighted by molar-refractivity contribution is -0.142. The van der Waals surface area contributed by atoms with Gasteiger partial charge in [-0.25, -0.2) is 0 Å². The van der Waals surface area contributed by atoms with Crippen molar-refractivity contribution < 1.29 is 18.8 Å². The average molecular weight is 320 g/mol. The molecule has 0 aromatic rings. The molecule has 4 nitrogen and oxygen atoms in total. The zero-order valence-electron chi connectivity index (χ0n) is 15.3. The van der Waals surface area contributed by atoms with Gasteiger partial charge in [0.2, 0.25) is 0 Å². The zero-order valence-corrected chi connectivity index (χ0v) is 15.3. The minimum Gasteiger partial charge on any atom is -0.466 e. The number of carbonyl (C=O) groups is 1. The summed E-state index contributed by atoms with van der Waals surface area (Å²) >= 11 is 0. The van der Waals surface area contributed by atoms with Crippen LogP contribution >= 0.6 is 0 Å². The van der Waals surface area contributed by atoms with E-state index in [2.05, 4.69) is 13.2 Å². The first kappa shape index (κ1) is 19.7. The summed E-state index contributed by atoms with van der Waals surface area (Å²) in [4.78, 5) is 11.9. The van der Waals surface area contributed by atoms with Gasteiger partial charge in [0.05, 0.1) is 24.2 Å². The van der Waals surface area contributed by atoms with E-state index in [0.717, 1.165) is 16.6 Å². The van der Waals surface area contributed by atoms with Crippen molar-refractivity contribution in [2.75, 3.05) is 6.61 Å². The molecule has 0 aliphatic carbocycles. The van der Waals surface area contributed by atoms with Gasteiger partial charge < -0.3 is 14.0 Å². The Bertz CT molecular complexity index is 501. The van der Waals surface area contributed by atoms with E-state index in [9.17, 15) is 4.79 Å². The Morgan fingerprint density at radius 3 is 2.13 bits per heavy atom. The first-order valence-electron chi connectivity index (χ1n) is 8.05. The topological polar surface area (TPSA) is 44.8 Å². The molecule has 23 heavy (non-hydrogen) atoms. The number of hydrogen-bond acceptors (Lipinski definition) is 4. The molecule has 0 aromatic heterocycles. The molecule has 5 heteroatoms. The molecule has 0 spiro atoms. The zero-order chi connectivity index (χ0) is 17.8. The summed E-state index contributed by atoms with van der Waals surface area (Å²) in [6.45, 7) is 19.9. The van der Waals surface area contributed by atoms with Gasteiger partial charge >= 0.3 is 13.1 Å².